The third-order valence-electron chi connectivity index (χ3n) is 10.1. The quantitative estimate of drug-likeness (QED) is 0.125. The summed E-state index contributed by atoms with van der Waals surface area (Å²) in [6.45, 7) is 16.4. The first-order valence-corrected chi connectivity index (χ1v) is 15.8. The molecule has 1 heterocycles. The highest BCUT2D eigenvalue weighted by Gasteiger charge is 2.72. The van der Waals surface area contributed by atoms with E-state index in [1.807, 2.05) is 26.8 Å². The Bertz CT molecular complexity index is 1360. The number of hydrogen-bond donors (Lipinski definition) is 0. The molecule has 3 aliphatic rings. The van der Waals surface area contributed by atoms with Gasteiger partial charge in [-0.25, -0.2) is 4.79 Å². The maximum atomic E-state index is 13.6. The van der Waals surface area contributed by atoms with E-state index in [9.17, 15) is 19.2 Å². The normalized spacial score (nSPS) is 33.0. The Hall–Kier alpha value is -3.72. The molecule has 2 fully saturated rings. The number of hydrogen-bond acceptors (Lipinski definition) is 9. The zero-order valence-corrected chi connectivity index (χ0v) is 27.4. The van der Waals surface area contributed by atoms with Crippen molar-refractivity contribution in [1.29, 1.82) is 0 Å². The van der Waals surface area contributed by atoms with Crippen LogP contribution in [0.15, 0.2) is 66.3 Å². The van der Waals surface area contributed by atoms with E-state index < -0.39 is 59.4 Å². The predicted molar refractivity (Wildman–Crippen MR) is 166 cm³/mol. The molecule has 1 saturated carbocycles. The van der Waals surface area contributed by atoms with E-state index in [4.69, 9.17) is 23.7 Å². The molecule has 9 nitrogen and oxygen atoms in total. The van der Waals surface area contributed by atoms with Gasteiger partial charge in [0.25, 0.3) is 0 Å². The summed E-state index contributed by atoms with van der Waals surface area (Å²) in [7, 11) is 0. The van der Waals surface area contributed by atoms with Crippen LogP contribution < -0.4 is 0 Å². The minimum atomic E-state index is -1.25. The number of carbonyl (C=O) groups excluding carboxylic acids is 4. The minimum Gasteiger partial charge on any atom is -0.458 e. The van der Waals surface area contributed by atoms with Gasteiger partial charge in [0, 0.05) is 19.4 Å². The summed E-state index contributed by atoms with van der Waals surface area (Å²) in [5.74, 6) is -2.81. The maximum absolute atomic E-state index is 13.6. The second-order valence-electron chi connectivity index (χ2n) is 12.9. The fourth-order valence-corrected chi connectivity index (χ4v) is 7.18. The van der Waals surface area contributed by atoms with Crippen LogP contribution in [0.3, 0.4) is 0 Å². The van der Waals surface area contributed by atoms with Crippen LogP contribution in [0.25, 0.3) is 0 Å². The third kappa shape index (κ3) is 6.64. The highest BCUT2D eigenvalue weighted by atomic mass is 16.8. The first-order chi connectivity index (χ1) is 21.3. The van der Waals surface area contributed by atoms with Crippen molar-refractivity contribution in [2.45, 2.75) is 98.9 Å². The number of ether oxygens (including phenoxy) is 5. The van der Waals surface area contributed by atoms with Crippen molar-refractivity contribution in [3.63, 3.8) is 0 Å². The second kappa shape index (κ2) is 13.7. The molecule has 0 radical (unpaired) electrons. The molecule has 1 aromatic carbocycles. The van der Waals surface area contributed by atoms with Crippen LogP contribution >= 0.6 is 0 Å². The van der Waals surface area contributed by atoms with Crippen LogP contribution in [0, 0.1) is 28.6 Å². The van der Waals surface area contributed by atoms with Crippen LogP contribution in [0.2, 0.25) is 0 Å². The lowest BCUT2D eigenvalue weighted by Crippen LogP contribution is -2.64. The van der Waals surface area contributed by atoms with E-state index in [0.29, 0.717) is 36.8 Å². The zero-order valence-electron chi connectivity index (χ0n) is 27.4. The molecular weight excluding hydrogens is 576 g/mol. The molecule has 1 spiro atoms. The van der Waals surface area contributed by atoms with E-state index in [0.717, 1.165) is 5.57 Å². The molecule has 9 heteroatoms. The zero-order chi connectivity index (χ0) is 33.1. The number of rotatable bonds is 10. The molecule has 4 rings (SSSR count). The minimum absolute atomic E-state index is 0.00779. The summed E-state index contributed by atoms with van der Waals surface area (Å²) < 4.78 is 30.3. The van der Waals surface area contributed by atoms with Gasteiger partial charge in [-0.2, -0.15) is 0 Å². The van der Waals surface area contributed by atoms with Crippen molar-refractivity contribution in [1.82, 2.24) is 0 Å². The highest BCUT2D eigenvalue weighted by Crippen LogP contribution is 2.68. The topological polar surface area (TPSA) is 114 Å². The second-order valence-corrected chi connectivity index (χ2v) is 12.9. The molecule has 45 heavy (non-hydrogen) atoms. The molecule has 9 atom stereocenters. The molecule has 2 aliphatic carbocycles. The van der Waals surface area contributed by atoms with Crippen molar-refractivity contribution in [3.8, 4) is 0 Å². The van der Waals surface area contributed by atoms with Crippen molar-refractivity contribution >= 4 is 23.9 Å². The molecule has 244 valence electrons. The van der Waals surface area contributed by atoms with Gasteiger partial charge in [0.15, 0.2) is 0 Å². The summed E-state index contributed by atoms with van der Waals surface area (Å²) in [5.41, 5.74) is 0.103. The monoisotopic (exact) mass is 622 g/mol. The lowest BCUT2D eigenvalue weighted by Gasteiger charge is -2.60. The fraction of sp³-hybridized carbons (Fsp3) is 0.556. The van der Waals surface area contributed by atoms with Gasteiger partial charge in [-0.15, -0.1) is 0 Å². The van der Waals surface area contributed by atoms with Crippen molar-refractivity contribution in [3.05, 3.63) is 71.8 Å². The lowest BCUT2D eigenvalue weighted by atomic mass is 9.45. The van der Waals surface area contributed by atoms with E-state index in [2.05, 4.69) is 26.5 Å². The van der Waals surface area contributed by atoms with Crippen LogP contribution in [0.4, 0.5) is 0 Å². The predicted octanol–water partition coefficient (Wildman–Crippen LogP) is 6.48. The van der Waals surface area contributed by atoms with Crippen molar-refractivity contribution in [2.24, 2.45) is 28.6 Å². The van der Waals surface area contributed by atoms with Crippen LogP contribution in [-0.2, 0) is 38.1 Å². The van der Waals surface area contributed by atoms with Gasteiger partial charge < -0.3 is 18.9 Å². The molecule has 1 aromatic rings. The smallest absolute Gasteiger partial charge is 0.338 e. The van der Waals surface area contributed by atoms with Gasteiger partial charge >= 0.3 is 23.9 Å². The number of esters is 4. The van der Waals surface area contributed by atoms with Crippen molar-refractivity contribution < 1.29 is 42.9 Å². The molecule has 0 amide bonds. The molecule has 1 saturated heterocycles. The van der Waals surface area contributed by atoms with Crippen LogP contribution in [0.5, 0.6) is 0 Å². The third-order valence-corrected chi connectivity index (χ3v) is 10.1. The summed E-state index contributed by atoms with van der Waals surface area (Å²) in [6, 6.07) is 8.67. The van der Waals surface area contributed by atoms with E-state index in [1.165, 1.54) is 13.8 Å². The standard InChI is InChI=1S/C36H46O9/c1-9-21(3)16-17-35(8)23(5)18-30(44-32(40)26-14-12-11-13-15-26)36-28(33(41-24(6)37)45-34(36)42-25(7)38)19-27(20-29(35)36)43-31(39)22(4)10-2/h9,11-16,19,22-23,27,29-30,33-34H,1,10,17-18,20H2,2-8H3/b21-16+/t22?,23-,27+,29+,30+,33?,34?,35-,36-/m1/s1. The summed E-state index contributed by atoms with van der Waals surface area (Å²) in [5, 5.41) is 0. The molecule has 1 aliphatic heterocycles. The summed E-state index contributed by atoms with van der Waals surface area (Å²) in [6.07, 6.45) is 3.63. The van der Waals surface area contributed by atoms with Crippen LogP contribution in [-0.4, -0.2) is 48.7 Å². The molecule has 0 aromatic heterocycles. The number of carbonyl (C=O) groups is 4. The lowest BCUT2D eigenvalue weighted by molar-refractivity contribution is -0.253. The fourth-order valence-electron chi connectivity index (χ4n) is 7.18. The molecule has 0 bridgehead atoms. The van der Waals surface area contributed by atoms with Crippen LogP contribution in [0.1, 0.15) is 84.5 Å². The van der Waals surface area contributed by atoms with E-state index >= 15 is 0 Å². The van der Waals surface area contributed by atoms with Gasteiger partial charge in [0.05, 0.1) is 11.5 Å². The first-order valence-electron chi connectivity index (χ1n) is 15.8. The Morgan fingerprint density at radius 1 is 1.02 bits per heavy atom. The van der Waals surface area contributed by atoms with E-state index in [-0.39, 0.29) is 17.8 Å². The summed E-state index contributed by atoms with van der Waals surface area (Å²) in [4.78, 5) is 51.7. The van der Waals surface area contributed by atoms with Gasteiger partial charge in [0.1, 0.15) is 17.6 Å². The molecule has 3 unspecified atom stereocenters. The first kappa shape index (κ1) is 34.2. The Morgan fingerprint density at radius 2 is 1.69 bits per heavy atom. The average Bonchev–Trinajstić information content (AvgIpc) is 3.29. The van der Waals surface area contributed by atoms with E-state index in [1.54, 1.807) is 36.4 Å². The summed E-state index contributed by atoms with van der Waals surface area (Å²) >= 11 is 0. The average molecular weight is 623 g/mol. The number of benzene rings is 1. The highest BCUT2D eigenvalue weighted by molar-refractivity contribution is 5.89. The Labute approximate surface area is 266 Å². The number of allylic oxidation sites excluding steroid dienone is 3. The SMILES string of the molecule is C=C/C(C)=C/C[C@]1(C)[C@H](C)C[C@H](OC(=O)c2ccccc2)[C@@]23C(=C[C@H](OC(=O)C(C)CC)C[C@@H]12)C(OC(C)=O)OC3OC(C)=O. The Balaban J connectivity index is 1.96. The largest absolute Gasteiger partial charge is 0.458 e. The Kier molecular flexibility index (Phi) is 10.4. The van der Waals surface area contributed by atoms with Gasteiger partial charge in [0.2, 0.25) is 12.6 Å². The Morgan fingerprint density at radius 3 is 2.29 bits per heavy atom. The van der Waals surface area contributed by atoms with Crippen molar-refractivity contribution in [2.75, 3.05) is 0 Å². The van der Waals surface area contributed by atoms with Gasteiger partial charge in [-0.3, -0.25) is 19.1 Å². The van der Waals surface area contributed by atoms with Gasteiger partial charge in [-0.1, -0.05) is 70.2 Å². The molecule has 0 N–H and O–H groups in total. The van der Waals surface area contributed by atoms with Gasteiger partial charge in [-0.05, 0) is 68.1 Å². The molecular formula is C36H46O9. The maximum Gasteiger partial charge on any atom is 0.338 e.